The van der Waals surface area contributed by atoms with Crippen molar-refractivity contribution in [3.8, 4) is 6.07 Å². The minimum absolute atomic E-state index is 0.00250. The molecule has 0 saturated carbocycles. The molecular weight excluding hydrogens is 250 g/mol. The molecule has 104 valence electrons. The van der Waals surface area contributed by atoms with Crippen molar-refractivity contribution in [2.75, 3.05) is 19.0 Å². The Labute approximate surface area is 119 Å². The minimum Gasteiger partial charge on any atom is -0.308 e. The number of nitrogens with zero attached hydrogens (tertiary/aromatic N) is 3. The maximum atomic E-state index is 8.87. The molecule has 0 amide bonds. The average Bonchev–Trinajstić information content (AvgIpc) is 2.46. The summed E-state index contributed by atoms with van der Waals surface area (Å²) in [5, 5.41) is 9.96. The van der Waals surface area contributed by atoms with Gasteiger partial charge in [-0.15, -0.1) is 0 Å². The van der Waals surface area contributed by atoms with Gasteiger partial charge in [0.1, 0.15) is 5.82 Å². The standard InChI is InChI=1S/C15H19N5/c1-11(8-16)9-20(2)10-13-7-12-5-3-4-6-14(12)18-15(13)19-17/h3-7,11H,9-10,17H2,1-2H3,(H,18,19). The summed E-state index contributed by atoms with van der Waals surface area (Å²) >= 11 is 0. The van der Waals surface area contributed by atoms with Gasteiger partial charge in [-0.1, -0.05) is 18.2 Å². The normalized spacial score (nSPS) is 12.3. The molecule has 5 heteroatoms. The summed E-state index contributed by atoms with van der Waals surface area (Å²) in [7, 11) is 1.99. The van der Waals surface area contributed by atoms with E-state index in [0.29, 0.717) is 18.9 Å². The third-order valence-corrected chi connectivity index (χ3v) is 3.19. The molecule has 0 saturated heterocycles. The lowest BCUT2D eigenvalue weighted by atomic mass is 10.1. The van der Waals surface area contributed by atoms with Crippen molar-refractivity contribution in [1.82, 2.24) is 9.88 Å². The highest BCUT2D eigenvalue weighted by Crippen LogP contribution is 2.21. The van der Waals surface area contributed by atoms with E-state index in [2.05, 4.69) is 27.4 Å². The molecular formula is C15H19N5. The molecule has 5 nitrogen and oxygen atoms in total. The number of rotatable bonds is 5. The number of para-hydroxylation sites is 1. The first kappa shape index (κ1) is 14.3. The van der Waals surface area contributed by atoms with Gasteiger partial charge in [-0.05, 0) is 26.1 Å². The highest BCUT2D eigenvalue weighted by Gasteiger charge is 2.10. The number of fused-ring (bicyclic) bond motifs is 1. The molecule has 0 radical (unpaired) electrons. The van der Waals surface area contributed by atoms with Gasteiger partial charge in [0.25, 0.3) is 0 Å². The average molecular weight is 269 g/mol. The van der Waals surface area contributed by atoms with Crippen LogP contribution in [0.1, 0.15) is 12.5 Å². The summed E-state index contributed by atoms with van der Waals surface area (Å²) in [6.07, 6.45) is 0. The monoisotopic (exact) mass is 269 g/mol. The van der Waals surface area contributed by atoms with Crippen molar-refractivity contribution in [3.63, 3.8) is 0 Å². The topological polar surface area (TPSA) is 78.0 Å². The molecule has 3 N–H and O–H groups in total. The summed E-state index contributed by atoms with van der Waals surface area (Å²) in [5.74, 6) is 6.24. The Morgan fingerprint density at radius 1 is 1.45 bits per heavy atom. The van der Waals surface area contributed by atoms with Gasteiger partial charge in [-0.3, -0.25) is 0 Å². The van der Waals surface area contributed by atoms with Crippen LogP contribution in [0, 0.1) is 17.2 Å². The maximum Gasteiger partial charge on any atom is 0.145 e. The van der Waals surface area contributed by atoms with Crippen molar-refractivity contribution >= 4 is 16.7 Å². The number of nitrogens with one attached hydrogen (secondary N) is 1. The van der Waals surface area contributed by atoms with Crippen LogP contribution in [0.2, 0.25) is 0 Å². The van der Waals surface area contributed by atoms with Crippen LogP contribution < -0.4 is 11.3 Å². The SMILES string of the molecule is CC(C#N)CN(C)Cc1cc2ccccc2nc1NN. The van der Waals surface area contributed by atoms with Crippen LogP contribution in [0.3, 0.4) is 0 Å². The molecule has 1 unspecified atom stereocenters. The number of nitriles is 1. The van der Waals surface area contributed by atoms with Gasteiger partial charge in [0.2, 0.25) is 0 Å². The quantitative estimate of drug-likeness (QED) is 0.642. The van der Waals surface area contributed by atoms with E-state index < -0.39 is 0 Å². The molecule has 1 aromatic carbocycles. The second kappa shape index (κ2) is 6.33. The fourth-order valence-electron chi connectivity index (χ4n) is 2.27. The second-order valence-corrected chi connectivity index (χ2v) is 5.06. The third-order valence-electron chi connectivity index (χ3n) is 3.19. The Balaban J connectivity index is 2.26. The van der Waals surface area contributed by atoms with Gasteiger partial charge in [0.05, 0.1) is 17.5 Å². The van der Waals surface area contributed by atoms with Gasteiger partial charge >= 0.3 is 0 Å². The number of nitrogens with two attached hydrogens (primary N) is 1. The van der Waals surface area contributed by atoms with Crippen molar-refractivity contribution in [2.24, 2.45) is 11.8 Å². The summed E-state index contributed by atoms with van der Waals surface area (Å²) in [6.45, 7) is 3.33. The lowest BCUT2D eigenvalue weighted by Crippen LogP contribution is -2.24. The number of hydrogen-bond donors (Lipinski definition) is 2. The first-order valence-electron chi connectivity index (χ1n) is 6.57. The van der Waals surface area contributed by atoms with E-state index in [-0.39, 0.29) is 5.92 Å². The number of nitrogen functional groups attached to an aromatic ring is 1. The van der Waals surface area contributed by atoms with Crippen LogP contribution in [0.5, 0.6) is 0 Å². The molecule has 0 aliphatic heterocycles. The van der Waals surface area contributed by atoms with E-state index in [1.165, 1.54) is 0 Å². The van der Waals surface area contributed by atoms with Gasteiger partial charge in [0.15, 0.2) is 0 Å². The Kier molecular flexibility index (Phi) is 4.51. The Morgan fingerprint density at radius 3 is 2.90 bits per heavy atom. The zero-order valence-electron chi connectivity index (χ0n) is 11.8. The second-order valence-electron chi connectivity index (χ2n) is 5.06. The predicted octanol–water partition coefficient (Wildman–Crippen LogP) is 2.11. The highest BCUT2D eigenvalue weighted by atomic mass is 15.3. The van der Waals surface area contributed by atoms with E-state index in [4.69, 9.17) is 11.1 Å². The predicted molar refractivity (Wildman–Crippen MR) is 80.7 cm³/mol. The van der Waals surface area contributed by atoms with E-state index >= 15 is 0 Å². The van der Waals surface area contributed by atoms with E-state index in [9.17, 15) is 0 Å². The summed E-state index contributed by atoms with van der Waals surface area (Å²) in [6, 6.07) is 12.3. The number of aromatic nitrogens is 1. The molecule has 1 heterocycles. The molecule has 0 bridgehead atoms. The van der Waals surface area contributed by atoms with Gasteiger partial charge < -0.3 is 10.3 Å². The first-order chi connectivity index (χ1) is 9.63. The molecule has 0 aliphatic carbocycles. The lowest BCUT2D eigenvalue weighted by Gasteiger charge is -2.19. The molecule has 2 aromatic rings. The fourth-order valence-corrected chi connectivity index (χ4v) is 2.27. The van der Waals surface area contributed by atoms with Crippen LogP contribution in [-0.4, -0.2) is 23.5 Å². The number of anilines is 1. The van der Waals surface area contributed by atoms with Crippen LogP contribution in [0.25, 0.3) is 10.9 Å². The Bertz CT molecular complexity index is 632. The third kappa shape index (κ3) is 3.23. The van der Waals surface area contributed by atoms with Gasteiger partial charge in [-0.25, -0.2) is 10.8 Å². The molecule has 20 heavy (non-hydrogen) atoms. The fraction of sp³-hybridized carbons (Fsp3) is 0.333. The smallest absolute Gasteiger partial charge is 0.145 e. The zero-order chi connectivity index (χ0) is 14.5. The van der Waals surface area contributed by atoms with E-state index in [1.807, 2.05) is 38.2 Å². The number of benzene rings is 1. The van der Waals surface area contributed by atoms with E-state index in [0.717, 1.165) is 16.5 Å². The van der Waals surface area contributed by atoms with Crippen LogP contribution in [-0.2, 0) is 6.54 Å². The zero-order valence-corrected chi connectivity index (χ0v) is 11.8. The molecule has 2 rings (SSSR count). The van der Waals surface area contributed by atoms with Gasteiger partial charge in [-0.2, -0.15) is 5.26 Å². The Morgan fingerprint density at radius 2 is 2.20 bits per heavy atom. The van der Waals surface area contributed by atoms with Crippen LogP contribution >= 0.6 is 0 Å². The molecule has 1 aromatic heterocycles. The largest absolute Gasteiger partial charge is 0.308 e. The number of hydrogen-bond acceptors (Lipinski definition) is 5. The van der Waals surface area contributed by atoms with Crippen molar-refractivity contribution in [3.05, 3.63) is 35.9 Å². The molecule has 0 aliphatic rings. The maximum absolute atomic E-state index is 8.87. The Hall–Kier alpha value is -2.16. The number of pyridine rings is 1. The minimum atomic E-state index is 0.00250. The van der Waals surface area contributed by atoms with Gasteiger partial charge in [0, 0.05) is 24.0 Å². The lowest BCUT2D eigenvalue weighted by molar-refractivity contribution is 0.303. The molecule has 0 fully saturated rings. The molecule has 1 atom stereocenters. The van der Waals surface area contributed by atoms with Crippen LogP contribution in [0.4, 0.5) is 5.82 Å². The van der Waals surface area contributed by atoms with Crippen molar-refractivity contribution < 1.29 is 0 Å². The summed E-state index contributed by atoms with van der Waals surface area (Å²) in [5.41, 5.74) is 4.60. The van der Waals surface area contributed by atoms with Crippen LogP contribution in [0.15, 0.2) is 30.3 Å². The van der Waals surface area contributed by atoms with Crippen molar-refractivity contribution in [2.45, 2.75) is 13.5 Å². The highest BCUT2D eigenvalue weighted by molar-refractivity contribution is 5.81. The summed E-state index contributed by atoms with van der Waals surface area (Å²) in [4.78, 5) is 6.62. The van der Waals surface area contributed by atoms with Crippen molar-refractivity contribution in [1.29, 1.82) is 5.26 Å². The molecule has 0 spiro atoms. The first-order valence-corrected chi connectivity index (χ1v) is 6.57. The van der Waals surface area contributed by atoms with E-state index in [1.54, 1.807) is 0 Å². The number of hydrazine groups is 1. The summed E-state index contributed by atoms with van der Waals surface area (Å²) < 4.78 is 0.